The smallest absolute Gasteiger partial charge is 0.229 e. The van der Waals surface area contributed by atoms with Gasteiger partial charge in [-0.3, -0.25) is 4.79 Å². The van der Waals surface area contributed by atoms with Gasteiger partial charge in [-0.05, 0) is 32.1 Å². The molecular weight excluding hydrogens is 294 g/mol. The molecule has 2 unspecified atom stereocenters. The SMILES string of the molecule is CC(C)c1nc(C2CCCN(C(=O)CCC3CCCO3)C2)no1. The number of carbonyl (C=O) groups excluding carboxylic acids is 1. The molecule has 0 N–H and O–H groups in total. The molecule has 2 saturated heterocycles. The van der Waals surface area contributed by atoms with E-state index in [9.17, 15) is 4.79 Å². The lowest BCUT2D eigenvalue weighted by Gasteiger charge is -2.31. The summed E-state index contributed by atoms with van der Waals surface area (Å²) in [4.78, 5) is 18.9. The maximum Gasteiger partial charge on any atom is 0.229 e. The van der Waals surface area contributed by atoms with Crippen LogP contribution in [-0.2, 0) is 9.53 Å². The zero-order valence-corrected chi connectivity index (χ0v) is 14.2. The van der Waals surface area contributed by atoms with Crippen molar-refractivity contribution < 1.29 is 14.1 Å². The average Bonchev–Trinajstić information content (AvgIpc) is 3.24. The molecule has 2 aliphatic rings. The van der Waals surface area contributed by atoms with Crippen molar-refractivity contribution in [1.29, 1.82) is 0 Å². The minimum absolute atomic E-state index is 0.201. The van der Waals surface area contributed by atoms with E-state index in [4.69, 9.17) is 9.26 Å². The lowest BCUT2D eigenvalue weighted by atomic mass is 9.96. The maximum atomic E-state index is 12.5. The molecular formula is C17H27N3O3. The number of hydrogen-bond donors (Lipinski definition) is 0. The molecule has 2 atom stereocenters. The summed E-state index contributed by atoms with van der Waals surface area (Å²) in [5.74, 6) is 2.11. The van der Waals surface area contributed by atoms with Crippen LogP contribution in [-0.4, -0.2) is 46.7 Å². The van der Waals surface area contributed by atoms with E-state index in [0.717, 1.165) is 51.1 Å². The van der Waals surface area contributed by atoms with Gasteiger partial charge in [0.1, 0.15) is 0 Å². The number of ether oxygens (including phenoxy) is 1. The highest BCUT2D eigenvalue weighted by atomic mass is 16.5. The fourth-order valence-corrected chi connectivity index (χ4v) is 3.38. The molecule has 0 radical (unpaired) electrons. The second-order valence-electron chi connectivity index (χ2n) is 7.00. The number of likely N-dealkylation sites (tertiary alicyclic amines) is 1. The molecule has 0 saturated carbocycles. The van der Waals surface area contributed by atoms with E-state index in [2.05, 4.69) is 10.1 Å². The fraction of sp³-hybridized carbons (Fsp3) is 0.824. The summed E-state index contributed by atoms with van der Waals surface area (Å²) in [5.41, 5.74) is 0. The van der Waals surface area contributed by atoms with Gasteiger partial charge in [0.25, 0.3) is 0 Å². The molecule has 2 fully saturated rings. The Labute approximate surface area is 137 Å². The predicted octanol–water partition coefficient (Wildman–Crippen LogP) is 2.86. The van der Waals surface area contributed by atoms with E-state index in [0.29, 0.717) is 18.9 Å². The minimum Gasteiger partial charge on any atom is -0.378 e. The number of amides is 1. The molecule has 1 amide bonds. The van der Waals surface area contributed by atoms with Crippen LogP contribution in [0.4, 0.5) is 0 Å². The highest BCUT2D eigenvalue weighted by Gasteiger charge is 2.28. The molecule has 23 heavy (non-hydrogen) atoms. The van der Waals surface area contributed by atoms with Crippen LogP contribution in [0.3, 0.4) is 0 Å². The van der Waals surface area contributed by atoms with Gasteiger partial charge in [-0.15, -0.1) is 0 Å². The highest BCUT2D eigenvalue weighted by molar-refractivity contribution is 5.76. The van der Waals surface area contributed by atoms with E-state index in [-0.39, 0.29) is 23.8 Å². The van der Waals surface area contributed by atoms with Crippen molar-refractivity contribution in [3.63, 3.8) is 0 Å². The Morgan fingerprint density at radius 3 is 2.91 bits per heavy atom. The van der Waals surface area contributed by atoms with Crippen LogP contribution in [0.2, 0.25) is 0 Å². The lowest BCUT2D eigenvalue weighted by Crippen LogP contribution is -2.39. The second kappa shape index (κ2) is 7.43. The van der Waals surface area contributed by atoms with Crippen molar-refractivity contribution in [1.82, 2.24) is 15.0 Å². The van der Waals surface area contributed by atoms with Gasteiger partial charge in [-0.1, -0.05) is 19.0 Å². The van der Waals surface area contributed by atoms with Crippen molar-refractivity contribution in [2.24, 2.45) is 0 Å². The minimum atomic E-state index is 0.201. The first-order chi connectivity index (χ1) is 11.1. The van der Waals surface area contributed by atoms with Crippen molar-refractivity contribution in [2.45, 2.75) is 70.3 Å². The molecule has 1 aromatic heterocycles. The van der Waals surface area contributed by atoms with Gasteiger partial charge in [-0.2, -0.15) is 4.98 Å². The van der Waals surface area contributed by atoms with E-state index in [1.54, 1.807) is 0 Å². The Morgan fingerprint density at radius 2 is 2.22 bits per heavy atom. The van der Waals surface area contributed by atoms with Crippen LogP contribution in [0, 0.1) is 0 Å². The van der Waals surface area contributed by atoms with Crippen molar-refractivity contribution in [3.05, 3.63) is 11.7 Å². The average molecular weight is 321 g/mol. The molecule has 128 valence electrons. The monoisotopic (exact) mass is 321 g/mol. The summed E-state index contributed by atoms with van der Waals surface area (Å²) in [6.45, 7) is 6.48. The number of carbonyl (C=O) groups is 1. The molecule has 3 heterocycles. The van der Waals surface area contributed by atoms with Gasteiger partial charge in [0.05, 0.1) is 6.10 Å². The number of nitrogens with zero attached hydrogens (tertiary/aromatic N) is 3. The third kappa shape index (κ3) is 4.10. The van der Waals surface area contributed by atoms with Crippen molar-refractivity contribution in [2.75, 3.05) is 19.7 Å². The first kappa shape index (κ1) is 16.4. The predicted molar refractivity (Wildman–Crippen MR) is 85.2 cm³/mol. The topological polar surface area (TPSA) is 68.5 Å². The summed E-state index contributed by atoms with van der Waals surface area (Å²) < 4.78 is 10.9. The molecule has 0 aromatic carbocycles. The van der Waals surface area contributed by atoms with E-state index in [1.165, 1.54) is 0 Å². The van der Waals surface area contributed by atoms with Gasteiger partial charge < -0.3 is 14.2 Å². The largest absolute Gasteiger partial charge is 0.378 e. The number of hydrogen-bond acceptors (Lipinski definition) is 5. The Morgan fingerprint density at radius 1 is 1.35 bits per heavy atom. The standard InChI is InChI=1S/C17H27N3O3/c1-12(2)17-18-16(19-23-17)13-5-3-9-20(11-13)15(21)8-7-14-6-4-10-22-14/h12-14H,3-11H2,1-2H3. The van der Waals surface area contributed by atoms with Crippen LogP contribution < -0.4 is 0 Å². The summed E-state index contributed by atoms with van der Waals surface area (Å²) >= 11 is 0. The lowest BCUT2D eigenvalue weighted by molar-refractivity contribution is -0.133. The molecule has 1 aromatic rings. The summed E-state index contributed by atoms with van der Waals surface area (Å²) in [7, 11) is 0. The van der Waals surface area contributed by atoms with E-state index < -0.39 is 0 Å². The van der Waals surface area contributed by atoms with Crippen LogP contribution in [0.15, 0.2) is 4.52 Å². The third-order valence-corrected chi connectivity index (χ3v) is 4.79. The van der Waals surface area contributed by atoms with Crippen LogP contribution in [0.1, 0.15) is 75.9 Å². The van der Waals surface area contributed by atoms with Crippen molar-refractivity contribution >= 4 is 5.91 Å². The second-order valence-corrected chi connectivity index (χ2v) is 7.00. The zero-order chi connectivity index (χ0) is 16.2. The Bertz CT molecular complexity index is 523. The summed E-state index contributed by atoms with van der Waals surface area (Å²) in [6, 6.07) is 0. The van der Waals surface area contributed by atoms with Gasteiger partial charge in [0.2, 0.25) is 11.8 Å². The number of piperidine rings is 1. The Kier molecular flexibility index (Phi) is 5.30. The van der Waals surface area contributed by atoms with Gasteiger partial charge in [0.15, 0.2) is 5.82 Å². The van der Waals surface area contributed by atoms with Gasteiger partial charge >= 0.3 is 0 Å². The van der Waals surface area contributed by atoms with E-state index in [1.807, 2.05) is 18.7 Å². The molecule has 6 heteroatoms. The Hall–Kier alpha value is -1.43. The maximum absolute atomic E-state index is 12.5. The molecule has 0 aliphatic carbocycles. The molecule has 0 bridgehead atoms. The molecule has 2 aliphatic heterocycles. The first-order valence-corrected chi connectivity index (χ1v) is 8.86. The zero-order valence-electron chi connectivity index (χ0n) is 14.2. The summed E-state index contributed by atoms with van der Waals surface area (Å²) in [6.07, 6.45) is 5.96. The van der Waals surface area contributed by atoms with Crippen LogP contribution in [0.5, 0.6) is 0 Å². The number of rotatable bonds is 5. The molecule has 6 nitrogen and oxygen atoms in total. The highest BCUT2D eigenvalue weighted by Crippen LogP contribution is 2.27. The molecule has 0 spiro atoms. The summed E-state index contributed by atoms with van der Waals surface area (Å²) in [5, 5.41) is 4.12. The van der Waals surface area contributed by atoms with E-state index >= 15 is 0 Å². The Balaban J connectivity index is 1.53. The number of aromatic nitrogens is 2. The van der Waals surface area contributed by atoms with Crippen LogP contribution in [0.25, 0.3) is 0 Å². The third-order valence-electron chi connectivity index (χ3n) is 4.79. The quantitative estimate of drug-likeness (QED) is 0.834. The van der Waals surface area contributed by atoms with Crippen molar-refractivity contribution in [3.8, 4) is 0 Å². The fourth-order valence-electron chi connectivity index (χ4n) is 3.38. The first-order valence-electron chi connectivity index (χ1n) is 8.86. The van der Waals surface area contributed by atoms with Crippen LogP contribution >= 0.6 is 0 Å². The normalized spacial score (nSPS) is 25.3. The van der Waals surface area contributed by atoms with Gasteiger partial charge in [-0.25, -0.2) is 0 Å². The molecule has 3 rings (SSSR count). The van der Waals surface area contributed by atoms with Gasteiger partial charge in [0, 0.05) is 38.0 Å².